The van der Waals surface area contributed by atoms with Crippen LogP contribution in [-0.2, 0) is 11.2 Å². The van der Waals surface area contributed by atoms with Gasteiger partial charge in [-0.05, 0) is 54.4 Å². The second-order valence-electron chi connectivity index (χ2n) is 6.27. The van der Waals surface area contributed by atoms with E-state index in [1.807, 2.05) is 24.3 Å². The molecule has 1 aromatic heterocycles. The number of hydrogen-bond acceptors (Lipinski definition) is 2. The van der Waals surface area contributed by atoms with Gasteiger partial charge in [0.05, 0.1) is 6.61 Å². The summed E-state index contributed by atoms with van der Waals surface area (Å²) in [6, 6.07) is 18.7. The second-order valence-corrected chi connectivity index (χ2v) is 6.70. The fourth-order valence-corrected chi connectivity index (χ4v) is 3.39. The Hall–Kier alpha value is -2.23. The van der Waals surface area contributed by atoms with Crippen LogP contribution < -0.4 is 4.90 Å². The van der Waals surface area contributed by atoms with Crippen molar-refractivity contribution in [2.75, 3.05) is 18.1 Å². The summed E-state index contributed by atoms with van der Waals surface area (Å²) in [6.45, 7) is 3.82. The van der Waals surface area contributed by atoms with Crippen LogP contribution in [0.2, 0.25) is 5.02 Å². The third kappa shape index (κ3) is 3.30. The lowest BCUT2D eigenvalue weighted by atomic mass is 10.1. The molecule has 128 valence electrons. The molecule has 25 heavy (non-hydrogen) atoms. The van der Waals surface area contributed by atoms with Gasteiger partial charge in [-0.15, -0.1) is 0 Å². The molecule has 0 bridgehead atoms. The van der Waals surface area contributed by atoms with Crippen molar-refractivity contribution in [1.29, 1.82) is 0 Å². The zero-order chi connectivity index (χ0) is 17.2. The van der Waals surface area contributed by atoms with E-state index in [4.69, 9.17) is 16.3 Å². The molecule has 0 amide bonds. The SMILES string of the molecule is CCc1ccc(N2CCO[C@@H]2c2ccn(-c3ccc(Cl)cc3)c2)cc1. The van der Waals surface area contributed by atoms with E-state index in [0.29, 0.717) is 0 Å². The number of hydrogen-bond donors (Lipinski definition) is 0. The summed E-state index contributed by atoms with van der Waals surface area (Å²) in [5, 5.41) is 0.747. The molecule has 0 unspecified atom stereocenters. The van der Waals surface area contributed by atoms with Crippen molar-refractivity contribution in [3.8, 4) is 5.69 Å². The number of ether oxygens (including phenoxy) is 1. The van der Waals surface area contributed by atoms with Gasteiger partial charge in [0.25, 0.3) is 0 Å². The zero-order valence-electron chi connectivity index (χ0n) is 14.2. The summed E-state index contributed by atoms with van der Waals surface area (Å²) in [5.41, 5.74) is 4.81. The molecule has 1 atom stereocenters. The lowest BCUT2D eigenvalue weighted by Crippen LogP contribution is -2.22. The fourth-order valence-electron chi connectivity index (χ4n) is 3.27. The van der Waals surface area contributed by atoms with Crippen LogP contribution in [0.5, 0.6) is 0 Å². The Kier molecular flexibility index (Phi) is 4.51. The lowest BCUT2D eigenvalue weighted by Gasteiger charge is -2.24. The highest BCUT2D eigenvalue weighted by Gasteiger charge is 2.27. The molecule has 1 aliphatic rings. The van der Waals surface area contributed by atoms with Gasteiger partial charge in [-0.25, -0.2) is 0 Å². The van der Waals surface area contributed by atoms with Gasteiger partial charge in [-0.2, -0.15) is 0 Å². The fraction of sp³-hybridized carbons (Fsp3) is 0.238. The minimum Gasteiger partial charge on any atom is -0.352 e. The van der Waals surface area contributed by atoms with Crippen LogP contribution in [0, 0.1) is 0 Å². The van der Waals surface area contributed by atoms with E-state index in [-0.39, 0.29) is 6.23 Å². The Bertz CT molecular complexity index is 839. The van der Waals surface area contributed by atoms with Gasteiger partial charge in [0.2, 0.25) is 0 Å². The smallest absolute Gasteiger partial charge is 0.158 e. The second kappa shape index (κ2) is 6.95. The first-order chi connectivity index (χ1) is 12.2. The van der Waals surface area contributed by atoms with E-state index < -0.39 is 0 Å². The van der Waals surface area contributed by atoms with Gasteiger partial charge < -0.3 is 14.2 Å². The molecule has 4 rings (SSSR count). The minimum absolute atomic E-state index is 0.0407. The van der Waals surface area contributed by atoms with Crippen molar-refractivity contribution in [3.63, 3.8) is 0 Å². The van der Waals surface area contributed by atoms with Gasteiger partial charge in [-0.1, -0.05) is 30.7 Å². The van der Waals surface area contributed by atoms with Crippen molar-refractivity contribution >= 4 is 17.3 Å². The predicted octanol–water partition coefficient (Wildman–Crippen LogP) is 5.23. The Morgan fingerprint density at radius 2 is 1.72 bits per heavy atom. The maximum Gasteiger partial charge on any atom is 0.158 e. The normalized spacial score (nSPS) is 17.2. The Labute approximate surface area is 153 Å². The monoisotopic (exact) mass is 352 g/mol. The third-order valence-electron chi connectivity index (χ3n) is 4.69. The Morgan fingerprint density at radius 3 is 2.44 bits per heavy atom. The summed E-state index contributed by atoms with van der Waals surface area (Å²) in [7, 11) is 0. The van der Waals surface area contributed by atoms with Crippen molar-refractivity contribution in [1.82, 2.24) is 4.57 Å². The lowest BCUT2D eigenvalue weighted by molar-refractivity contribution is 0.114. The molecule has 2 heterocycles. The topological polar surface area (TPSA) is 17.4 Å². The maximum atomic E-state index is 6.02. The van der Waals surface area contributed by atoms with Gasteiger partial charge in [0.15, 0.2) is 6.23 Å². The van der Waals surface area contributed by atoms with Crippen LogP contribution in [-0.4, -0.2) is 17.7 Å². The zero-order valence-corrected chi connectivity index (χ0v) is 15.0. The van der Waals surface area contributed by atoms with Crippen LogP contribution in [0.25, 0.3) is 5.69 Å². The quantitative estimate of drug-likeness (QED) is 0.639. The van der Waals surface area contributed by atoms with Crippen molar-refractivity contribution in [2.24, 2.45) is 0 Å². The molecule has 0 N–H and O–H groups in total. The standard InChI is InChI=1S/C21H21ClN2O/c1-2-16-3-7-20(8-4-16)24-13-14-25-21(24)17-11-12-23(15-17)19-9-5-18(22)6-10-19/h3-12,15,21H,2,13-14H2,1H3/t21-/m1/s1. The van der Waals surface area contributed by atoms with Crippen LogP contribution in [0.3, 0.4) is 0 Å². The van der Waals surface area contributed by atoms with Crippen LogP contribution >= 0.6 is 11.6 Å². The molecule has 0 aliphatic carbocycles. The van der Waals surface area contributed by atoms with Crippen LogP contribution in [0.4, 0.5) is 5.69 Å². The summed E-state index contributed by atoms with van der Waals surface area (Å²) < 4.78 is 8.13. The minimum atomic E-state index is -0.0407. The molecule has 3 nitrogen and oxygen atoms in total. The third-order valence-corrected chi connectivity index (χ3v) is 4.94. The number of nitrogens with zero attached hydrogens (tertiary/aromatic N) is 2. The highest BCUT2D eigenvalue weighted by atomic mass is 35.5. The van der Waals surface area contributed by atoms with E-state index in [1.165, 1.54) is 11.3 Å². The Morgan fingerprint density at radius 1 is 1.00 bits per heavy atom. The number of aromatic nitrogens is 1. The van der Waals surface area contributed by atoms with E-state index >= 15 is 0 Å². The van der Waals surface area contributed by atoms with E-state index in [2.05, 4.69) is 59.1 Å². The molecule has 1 aliphatic heterocycles. The first-order valence-electron chi connectivity index (χ1n) is 8.65. The summed E-state index contributed by atoms with van der Waals surface area (Å²) in [4.78, 5) is 2.32. The largest absolute Gasteiger partial charge is 0.352 e. The molecular weight excluding hydrogens is 332 g/mol. The van der Waals surface area contributed by atoms with Gasteiger partial charge in [0, 0.05) is 40.9 Å². The predicted molar refractivity (Wildman–Crippen MR) is 103 cm³/mol. The van der Waals surface area contributed by atoms with E-state index in [0.717, 1.165) is 35.8 Å². The highest BCUT2D eigenvalue weighted by Crippen LogP contribution is 2.33. The molecular formula is C21H21ClN2O. The van der Waals surface area contributed by atoms with Crippen molar-refractivity contribution in [3.05, 3.63) is 83.1 Å². The number of aryl methyl sites for hydroxylation is 1. The van der Waals surface area contributed by atoms with Crippen molar-refractivity contribution in [2.45, 2.75) is 19.6 Å². The number of benzene rings is 2. The number of anilines is 1. The maximum absolute atomic E-state index is 6.02. The first-order valence-corrected chi connectivity index (χ1v) is 9.03. The van der Waals surface area contributed by atoms with Gasteiger partial charge >= 0.3 is 0 Å². The van der Waals surface area contributed by atoms with Crippen LogP contribution in [0.1, 0.15) is 24.3 Å². The molecule has 0 saturated carbocycles. The van der Waals surface area contributed by atoms with Crippen molar-refractivity contribution < 1.29 is 4.74 Å². The van der Waals surface area contributed by atoms with Crippen LogP contribution in [0.15, 0.2) is 67.0 Å². The number of rotatable bonds is 4. The molecule has 0 radical (unpaired) electrons. The summed E-state index contributed by atoms with van der Waals surface area (Å²) in [6.07, 6.45) is 5.22. The highest BCUT2D eigenvalue weighted by molar-refractivity contribution is 6.30. The van der Waals surface area contributed by atoms with E-state index in [1.54, 1.807) is 0 Å². The van der Waals surface area contributed by atoms with E-state index in [9.17, 15) is 0 Å². The molecule has 4 heteroatoms. The van der Waals surface area contributed by atoms with Gasteiger partial charge in [0.1, 0.15) is 0 Å². The molecule has 3 aromatic rings. The van der Waals surface area contributed by atoms with Gasteiger partial charge in [-0.3, -0.25) is 0 Å². The molecule has 1 fully saturated rings. The summed E-state index contributed by atoms with van der Waals surface area (Å²) >= 11 is 5.98. The molecule has 1 saturated heterocycles. The number of halogens is 1. The molecule has 0 spiro atoms. The first kappa shape index (κ1) is 16.2. The average molecular weight is 353 g/mol. The average Bonchev–Trinajstić information content (AvgIpc) is 3.31. The Balaban J connectivity index is 1.59. The summed E-state index contributed by atoms with van der Waals surface area (Å²) in [5.74, 6) is 0. The molecule has 2 aromatic carbocycles.